The Hall–Kier alpha value is -0.940. The third-order valence-corrected chi connectivity index (χ3v) is 1.65. The molecule has 4 nitrogen and oxygen atoms in total. The smallest absolute Gasteiger partial charge is 0.390 e. The Morgan fingerprint density at radius 2 is 2.50 bits per heavy atom. The first-order valence-corrected chi connectivity index (χ1v) is 3.67. The summed E-state index contributed by atoms with van der Waals surface area (Å²) in [5, 5.41) is 11.1. The summed E-state index contributed by atoms with van der Waals surface area (Å²) < 4.78 is 12.5. The molecule has 1 saturated heterocycles. The van der Waals surface area contributed by atoms with E-state index < -0.39 is 17.1 Å². The van der Waals surface area contributed by atoms with Gasteiger partial charge in [-0.3, -0.25) is 4.84 Å². The number of allylic oxidation sites excluding steroid dienone is 1. The third kappa shape index (κ3) is 1.62. The Balaban J connectivity index is 2.45. The van der Waals surface area contributed by atoms with Gasteiger partial charge in [0.2, 0.25) is 0 Å². The number of quaternary nitrogens is 1. The van der Waals surface area contributed by atoms with Gasteiger partial charge >= 0.3 is 5.97 Å². The number of hydroxylamine groups is 4. The van der Waals surface area contributed by atoms with Gasteiger partial charge in [0.05, 0.1) is 6.42 Å². The molecule has 12 heavy (non-hydrogen) atoms. The van der Waals surface area contributed by atoms with Crippen molar-refractivity contribution in [2.24, 2.45) is 0 Å². The van der Waals surface area contributed by atoms with Crippen molar-refractivity contribution in [3.63, 3.8) is 0 Å². The van der Waals surface area contributed by atoms with Crippen LogP contribution in [-0.4, -0.2) is 23.6 Å². The first-order chi connectivity index (χ1) is 5.58. The zero-order chi connectivity index (χ0) is 9.19. The predicted molar refractivity (Wildman–Crippen MR) is 38.9 cm³/mol. The molecule has 0 saturated carbocycles. The van der Waals surface area contributed by atoms with Crippen LogP contribution in [0.25, 0.3) is 0 Å². The average Bonchev–Trinajstić information content (AvgIpc) is 2.02. The van der Waals surface area contributed by atoms with Crippen molar-refractivity contribution in [2.75, 3.05) is 6.54 Å². The van der Waals surface area contributed by atoms with E-state index in [-0.39, 0.29) is 13.0 Å². The molecule has 0 aromatic heterocycles. The number of hydrogen-bond donors (Lipinski definition) is 0. The molecular weight excluding hydrogens is 165 g/mol. The minimum absolute atomic E-state index is 0.00443. The van der Waals surface area contributed by atoms with Gasteiger partial charge in [0, 0.05) is 6.08 Å². The Morgan fingerprint density at radius 1 is 1.83 bits per heavy atom. The molecule has 68 valence electrons. The van der Waals surface area contributed by atoms with Crippen LogP contribution in [0.15, 0.2) is 12.2 Å². The second-order valence-electron chi connectivity index (χ2n) is 2.58. The van der Waals surface area contributed by atoms with Crippen LogP contribution in [-0.2, 0) is 9.63 Å². The number of carbonyl (C=O) groups is 1. The minimum Gasteiger partial charge on any atom is -0.587 e. The zero-order valence-electron chi connectivity index (χ0n) is 6.70. The molecule has 0 aromatic carbocycles. The van der Waals surface area contributed by atoms with Crippen LogP contribution < -0.4 is 0 Å². The summed E-state index contributed by atoms with van der Waals surface area (Å²) in [4.78, 5) is 13.5. The molecular formula is C7H10FNO3. The topological polar surface area (TPSA) is 49.4 Å². The van der Waals surface area contributed by atoms with Gasteiger partial charge < -0.3 is 5.21 Å². The van der Waals surface area contributed by atoms with E-state index in [0.29, 0.717) is 0 Å². The molecule has 2 unspecified atom stereocenters. The highest BCUT2D eigenvalue weighted by Gasteiger charge is 2.44. The molecule has 5 heteroatoms. The number of carbonyl (C=O) groups excluding carboxylic acids is 1. The lowest BCUT2D eigenvalue weighted by molar-refractivity contribution is -1.11. The molecule has 1 fully saturated rings. The van der Waals surface area contributed by atoms with E-state index in [1.807, 2.05) is 0 Å². The minimum atomic E-state index is -1.61. The first-order valence-electron chi connectivity index (χ1n) is 3.67. The van der Waals surface area contributed by atoms with E-state index in [9.17, 15) is 14.4 Å². The highest BCUT2D eigenvalue weighted by molar-refractivity contribution is 5.81. The maximum absolute atomic E-state index is 12.5. The zero-order valence-corrected chi connectivity index (χ0v) is 6.70. The van der Waals surface area contributed by atoms with Gasteiger partial charge in [0.25, 0.3) is 6.30 Å². The molecule has 2 atom stereocenters. The average molecular weight is 175 g/mol. The monoisotopic (exact) mass is 175 g/mol. The molecule has 0 spiro atoms. The van der Waals surface area contributed by atoms with Gasteiger partial charge in [-0.15, -0.1) is 4.81 Å². The lowest BCUT2D eigenvalue weighted by atomic mass is 10.2. The fourth-order valence-electron chi connectivity index (χ4n) is 0.859. The molecule has 1 aliphatic rings. The molecule has 0 aromatic rings. The van der Waals surface area contributed by atoms with Crippen LogP contribution in [0, 0.1) is 5.21 Å². The summed E-state index contributed by atoms with van der Waals surface area (Å²) in [5.41, 5.74) is 0. The Bertz CT molecular complexity index is 219. The SMILES string of the molecule is CC=CC(=O)O[N+]1([O-])CCC1F. The summed E-state index contributed by atoms with van der Waals surface area (Å²) in [5.74, 6) is -0.796. The summed E-state index contributed by atoms with van der Waals surface area (Å²) in [6.45, 7) is 1.61. The van der Waals surface area contributed by atoms with Gasteiger partial charge in [0.1, 0.15) is 6.54 Å². The lowest BCUT2D eigenvalue weighted by Crippen LogP contribution is -2.59. The molecule has 0 aliphatic carbocycles. The fraction of sp³-hybridized carbons (Fsp3) is 0.571. The number of nitrogens with zero attached hydrogens (tertiary/aromatic N) is 1. The number of halogens is 1. The summed E-state index contributed by atoms with van der Waals surface area (Å²) in [7, 11) is 0. The third-order valence-electron chi connectivity index (χ3n) is 1.65. The molecule has 1 aliphatic heterocycles. The number of alkyl halides is 1. The van der Waals surface area contributed by atoms with Crippen molar-refractivity contribution in [3.8, 4) is 0 Å². The predicted octanol–water partition coefficient (Wildman–Crippen LogP) is 1.03. The molecule has 0 N–H and O–H groups in total. The second-order valence-corrected chi connectivity index (χ2v) is 2.58. The van der Waals surface area contributed by atoms with Crippen LogP contribution in [0.4, 0.5) is 4.39 Å². The van der Waals surface area contributed by atoms with Crippen molar-refractivity contribution in [1.82, 2.24) is 0 Å². The van der Waals surface area contributed by atoms with Gasteiger partial charge in [-0.2, -0.15) is 4.39 Å². The van der Waals surface area contributed by atoms with Crippen LogP contribution in [0.1, 0.15) is 13.3 Å². The van der Waals surface area contributed by atoms with Crippen molar-refractivity contribution < 1.29 is 18.8 Å². The highest BCUT2D eigenvalue weighted by atomic mass is 19.1. The summed E-state index contributed by atoms with van der Waals surface area (Å²) in [6.07, 6.45) is 1.07. The van der Waals surface area contributed by atoms with E-state index in [1.165, 1.54) is 6.08 Å². The standard InChI is InChI=1S/C7H10FNO3/c1-2-3-7(10)12-9(11)5-4-6(9)8/h2-3,6H,4-5H2,1H3. The van der Waals surface area contributed by atoms with Crippen molar-refractivity contribution in [1.29, 1.82) is 0 Å². The van der Waals surface area contributed by atoms with Crippen molar-refractivity contribution in [2.45, 2.75) is 19.6 Å². The van der Waals surface area contributed by atoms with E-state index in [1.54, 1.807) is 6.92 Å². The second kappa shape index (κ2) is 3.20. The van der Waals surface area contributed by atoms with E-state index >= 15 is 0 Å². The lowest BCUT2D eigenvalue weighted by Gasteiger charge is -2.46. The van der Waals surface area contributed by atoms with Gasteiger partial charge in [-0.25, -0.2) is 4.79 Å². The van der Waals surface area contributed by atoms with Crippen LogP contribution in [0.2, 0.25) is 0 Å². The Morgan fingerprint density at radius 3 is 2.83 bits per heavy atom. The van der Waals surface area contributed by atoms with Crippen LogP contribution in [0.5, 0.6) is 0 Å². The summed E-state index contributed by atoms with van der Waals surface area (Å²) >= 11 is 0. The number of rotatable bonds is 2. The van der Waals surface area contributed by atoms with Gasteiger partial charge in [-0.1, -0.05) is 6.08 Å². The van der Waals surface area contributed by atoms with Crippen molar-refractivity contribution >= 4 is 5.97 Å². The molecule has 1 rings (SSSR count). The van der Waals surface area contributed by atoms with E-state index in [2.05, 4.69) is 4.84 Å². The maximum Gasteiger partial charge on any atom is 0.390 e. The molecule has 0 amide bonds. The molecule has 1 heterocycles. The van der Waals surface area contributed by atoms with Crippen LogP contribution >= 0.6 is 0 Å². The largest absolute Gasteiger partial charge is 0.587 e. The molecule has 0 radical (unpaired) electrons. The quantitative estimate of drug-likeness (QED) is 0.272. The van der Waals surface area contributed by atoms with Gasteiger partial charge in [-0.05, 0) is 6.92 Å². The first kappa shape index (κ1) is 9.15. The Kier molecular flexibility index (Phi) is 2.44. The summed E-state index contributed by atoms with van der Waals surface area (Å²) in [6, 6.07) is 0. The molecule has 0 bridgehead atoms. The van der Waals surface area contributed by atoms with Crippen LogP contribution in [0.3, 0.4) is 0 Å². The maximum atomic E-state index is 12.5. The number of hydrogen-bond acceptors (Lipinski definition) is 3. The van der Waals surface area contributed by atoms with E-state index in [0.717, 1.165) is 6.08 Å². The van der Waals surface area contributed by atoms with E-state index in [4.69, 9.17) is 0 Å². The van der Waals surface area contributed by atoms with Gasteiger partial charge in [0.15, 0.2) is 0 Å². The van der Waals surface area contributed by atoms with Crippen molar-refractivity contribution in [3.05, 3.63) is 17.4 Å². The fourth-order valence-corrected chi connectivity index (χ4v) is 0.859. The Labute approximate surface area is 69.3 Å². The highest BCUT2D eigenvalue weighted by Crippen LogP contribution is 2.28. The normalized spacial score (nSPS) is 34.8.